The largest absolute Gasteiger partial charge is 0.505 e. The maximum absolute atomic E-state index is 13.6. The fraction of sp³-hybridized carbons (Fsp3) is 0. The fourth-order valence-electron chi connectivity index (χ4n) is 1.79. The SMILES string of the molecule is Oc1cc(Cl)cc2oc(-c3c(F)cccc3F)nc12. The van der Waals surface area contributed by atoms with Crippen LogP contribution in [0.2, 0.25) is 5.02 Å². The lowest BCUT2D eigenvalue weighted by molar-refractivity contribution is 0.480. The minimum absolute atomic E-state index is 0.0991. The molecule has 0 amide bonds. The van der Waals surface area contributed by atoms with Gasteiger partial charge in [0.2, 0.25) is 5.89 Å². The van der Waals surface area contributed by atoms with Gasteiger partial charge < -0.3 is 9.52 Å². The van der Waals surface area contributed by atoms with E-state index in [2.05, 4.69) is 4.98 Å². The normalized spacial score (nSPS) is 11.1. The molecule has 0 spiro atoms. The third kappa shape index (κ3) is 1.92. The van der Waals surface area contributed by atoms with E-state index in [-0.39, 0.29) is 33.3 Å². The van der Waals surface area contributed by atoms with Gasteiger partial charge in [0.25, 0.3) is 0 Å². The number of oxazole rings is 1. The molecule has 0 bridgehead atoms. The lowest BCUT2D eigenvalue weighted by Gasteiger charge is -1.98. The second kappa shape index (κ2) is 4.20. The summed E-state index contributed by atoms with van der Waals surface area (Å²) in [5, 5.41) is 9.89. The summed E-state index contributed by atoms with van der Waals surface area (Å²) in [7, 11) is 0. The van der Waals surface area contributed by atoms with Crippen LogP contribution in [-0.4, -0.2) is 10.1 Å². The van der Waals surface area contributed by atoms with E-state index >= 15 is 0 Å². The lowest BCUT2D eigenvalue weighted by Crippen LogP contribution is -1.89. The predicted molar refractivity (Wildman–Crippen MR) is 66.0 cm³/mol. The highest BCUT2D eigenvalue weighted by Crippen LogP contribution is 2.34. The summed E-state index contributed by atoms with van der Waals surface area (Å²) in [5.41, 5.74) is -0.126. The van der Waals surface area contributed by atoms with Gasteiger partial charge in [0.15, 0.2) is 11.1 Å². The number of phenolic OH excluding ortho intramolecular Hbond substituents is 1. The molecule has 1 heterocycles. The van der Waals surface area contributed by atoms with Gasteiger partial charge in [-0.2, -0.15) is 0 Å². The van der Waals surface area contributed by atoms with Crippen LogP contribution in [0.15, 0.2) is 34.7 Å². The van der Waals surface area contributed by atoms with Crippen molar-refractivity contribution >= 4 is 22.7 Å². The molecule has 3 rings (SSSR count). The molecule has 0 aliphatic rings. The van der Waals surface area contributed by atoms with Gasteiger partial charge in [-0.05, 0) is 12.1 Å². The van der Waals surface area contributed by atoms with E-state index in [0.29, 0.717) is 0 Å². The molecule has 0 fully saturated rings. The van der Waals surface area contributed by atoms with Crippen molar-refractivity contribution in [1.29, 1.82) is 0 Å². The average molecular weight is 282 g/mol. The Balaban J connectivity index is 2.30. The summed E-state index contributed by atoms with van der Waals surface area (Å²) in [4.78, 5) is 3.89. The molecule has 0 saturated carbocycles. The van der Waals surface area contributed by atoms with Gasteiger partial charge in [-0.3, -0.25) is 0 Å². The molecule has 19 heavy (non-hydrogen) atoms. The summed E-state index contributed by atoms with van der Waals surface area (Å²) in [5.74, 6) is -2.05. The lowest BCUT2D eigenvalue weighted by atomic mass is 10.2. The smallest absolute Gasteiger partial charge is 0.233 e. The van der Waals surface area contributed by atoms with Gasteiger partial charge in [0, 0.05) is 17.2 Å². The monoisotopic (exact) mass is 281 g/mol. The van der Waals surface area contributed by atoms with Crippen molar-refractivity contribution in [2.24, 2.45) is 0 Å². The molecule has 1 aromatic heterocycles. The predicted octanol–water partition coefficient (Wildman–Crippen LogP) is 4.13. The van der Waals surface area contributed by atoms with Crippen molar-refractivity contribution in [2.45, 2.75) is 0 Å². The molecule has 2 aromatic carbocycles. The number of hydrogen-bond acceptors (Lipinski definition) is 3. The Labute approximate surface area is 111 Å². The number of halogens is 3. The van der Waals surface area contributed by atoms with Gasteiger partial charge in [0.1, 0.15) is 22.9 Å². The molecule has 3 nitrogen and oxygen atoms in total. The van der Waals surface area contributed by atoms with Gasteiger partial charge in [0.05, 0.1) is 0 Å². The Morgan fingerprint density at radius 1 is 1.16 bits per heavy atom. The summed E-state index contributed by atoms with van der Waals surface area (Å²) >= 11 is 5.75. The van der Waals surface area contributed by atoms with E-state index in [0.717, 1.165) is 12.1 Å². The molecule has 0 aliphatic carbocycles. The van der Waals surface area contributed by atoms with Gasteiger partial charge >= 0.3 is 0 Å². The van der Waals surface area contributed by atoms with E-state index in [4.69, 9.17) is 16.0 Å². The zero-order valence-electron chi connectivity index (χ0n) is 9.32. The molecule has 1 N–H and O–H groups in total. The van der Waals surface area contributed by atoms with Gasteiger partial charge in [-0.25, -0.2) is 13.8 Å². The molecule has 96 valence electrons. The number of phenols is 1. The van der Waals surface area contributed by atoms with E-state index in [1.807, 2.05) is 0 Å². The summed E-state index contributed by atoms with van der Waals surface area (Å²) in [6.45, 7) is 0. The van der Waals surface area contributed by atoms with E-state index in [1.165, 1.54) is 18.2 Å². The molecule has 0 atom stereocenters. The quantitative estimate of drug-likeness (QED) is 0.729. The molecule has 0 saturated heterocycles. The van der Waals surface area contributed by atoms with Crippen LogP contribution in [0, 0.1) is 11.6 Å². The Kier molecular flexibility index (Phi) is 2.64. The number of benzene rings is 2. The fourth-order valence-corrected chi connectivity index (χ4v) is 1.99. The zero-order valence-corrected chi connectivity index (χ0v) is 10.1. The maximum Gasteiger partial charge on any atom is 0.233 e. The van der Waals surface area contributed by atoms with Crippen LogP contribution in [0.25, 0.3) is 22.6 Å². The van der Waals surface area contributed by atoms with Gasteiger partial charge in [-0.15, -0.1) is 0 Å². The highest BCUT2D eigenvalue weighted by atomic mass is 35.5. The topological polar surface area (TPSA) is 46.3 Å². The number of rotatable bonds is 1. The number of nitrogens with zero attached hydrogens (tertiary/aromatic N) is 1. The first-order valence-corrected chi connectivity index (χ1v) is 5.67. The highest BCUT2D eigenvalue weighted by Gasteiger charge is 2.18. The van der Waals surface area contributed by atoms with Crippen molar-refractivity contribution in [3.8, 4) is 17.2 Å². The number of hydrogen-bond donors (Lipinski definition) is 1. The third-order valence-electron chi connectivity index (χ3n) is 2.62. The molecule has 0 unspecified atom stereocenters. The summed E-state index contributed by atoms with van der Waals surface area (Å²) < 4.78 is 32.5. The third-order valence-corrected chi connectivity index (χ3v) is 2.83. The Morgan fingerprint density at radius 2 is 1.84 bits per heavy atom. The van der Waals surface area contributed by atoms with Gasteiger partial charge in [-0.1, -0.05) is 17.7 Å². The van der Waals surface area contributed by atoms with Crippen LogP contribution < -0.4 is 0 Å². The first kappa shape index (κ1) is 11.9. The first-order chi connectivity index (χ1) is 9.06. The average Bonchev–Trinajstić information content (AvgIpc) is 2.72. The van der Waals surface area contributed by atoms with Crippen LogP contribution in [-0.2, 0) is 0 Å². The van der Waals surface area contributed by atoms with Crippen LogP contribution in [0.5, 0.6) is 5.75 Å². The van der Waals surface area contributed by atoms with Crippen molar-refractivity contribution in [3.63, 3.8) is 0 Å². The molecule has 3 aromatic rings. The van der Waals surface area contributed by atoms with Crippen molar-refractivity contribution in [2.75, 3.05) is 0 Å². The highest BCUT2D eigenvalue weighted by molar-refractivity contribution is 6.31. The molecular formula is C13H6ClF2NO2. The molecule has 6 heteroatoms. The van der Waals surface area contributed by atoms with Crippen molar-refractivity contribution < 1.29 is 18.3 Å². The Hall–Kier alpha value is -2.14. The van der Waals surface area contributed by atoms with E-state index in [9.17, 15) is 13.9 Å². The number of aromatic hydroxyl groups is 1. The number of fused-ring (bicyclic) bond motifs is 1. The summed E-state index contributed by atoms with van der Waals surface area (Å²) in [6.07, 6.45) is 0. The second-order valence-corrected chi connectivity index (χ2v) is 4.32. The van der Waals surface area contributed by atoms with Crippen LogP contribution in [0.4, 0.5) is 8.78 Å². The number of aromatic nitrogens is 1. The van der Waals surface area contributed by atoms with Crippen LogP contribution in [0.3, 0.4) is 0 Å². The minimum Gasteiger partial charge on any atom is -0.505 e. The first-order valence-electron chi connectivity index (χ1n) is 5.29. The Bertz CT molecular complexity index is 765. The maximum atomic E-state index is 13.6. The van der Waals surface area contributed by atoms with Crippen LogP contribution >= 0.6 is 11.6 Å². The minimum atomic E-state index is -0.794. The van der Waals surface area contributed by atoms with Crippen LogP contribution in [0.1, 0.15) is 0 Å². The second-order valence-electron chi connectivity index (χ2n) is 3.89. The standard InChI is InChI=1S/C13H6ClF2NO2/c14-6-4-9(18)12-10(5-6)19-13(17-12)11-7(15)2-1-3-8(11)16/h1-5,18H. The molecule has 0 radical (unpaired) electrons. The Morgan fingerprint density at radius 3 is 2.53 bits per heavy atom. The van der Waals surface area contributed by atoms with Crippen molar-refractivity contribution in [3.05, 3.63) is 47.0 Å². The van der Waals surface area contributed by atoms with Crippen molar-refractivity contribution in [1.82, 2.24) is 4.98 Å². The van der Waals surface area contributed by atoms with E-state index < -0.39 is 11.6 Å². The zero-order chi connectivity index (χ0) is 13.6. The molecular weight excluding hydrogens is 276 g/mol. The summed E-state index contributed by atoms with van der Waals surface area (Å²) in [6, 6.07) is 6.12. The van der Waals surface area contributed by atoms with E-state index in [1.54, 1.807) is 0 Å². The molecule has 0 aliphatic heterocycles.